The Bertz CT molecular complexity index is 485. The van der Waals surface area contributed by atoms with Gasteiger partial charge in [0.25, 0.3) is 0 Å². The summed E-state index contributed by atoms with van der Waals surface area (Å²) in [6.07, 6.45) is 0. The van der Waals surface area contributed by atoms with E-state index in [-0.39, 0.29) is 17.3 Å². The molecule has 0 radical (unpaired) electrons. The molecule has 0 fully saturated rings. The first-order chi connectivity index (χ1) is 7.66. The Morgan fingerprint density at radius 2 is 2.06 bits per heavy atom. The highest BCUT2D eigenvalue weighted by Gasteiger charge is 2.13. The summed E-state index contributed by atoms with van der Waals surface area (Å²) in [6, 6.07) is 7.69. The largest absolute Gasteiger partial charge is 0.434 e. The molecule has 1 aromatic carbocycles. The molecule has 2 aromatic rings. The number of nitrogens with two attached hydrogens (primary N) is 1. The molecule has 0 aliphatic rings. The molecule has 0 bridgehead atoms. The van der Waals surface area contributed by atoms with Gasteiger partial charge in [-0.3, -0.25) is 0 Å². The van der Waals surface area contributed by atoms with Crippen LogP contribution in [0.25, 0.3) is 11.3 Å². The van der Waals surface area contributed by atoms with Crippen LogP contribution in [0.4, 0.5) is 14.6 Å². The predicted octanol–water partition coefficient (Wildman–Crippen LogP) is 2.53. The number of nitrogens with zero attached hydrogens (tertiary/aromatic N) is 1. The van der Waals surface area contributed by atoms with E-state index in [9.17, 15) is 8.78 Å². The molecule has 0 saturated carbocycles. The molecule has 6 heteroatoms. The second-order valence-electron chi connectivity index (χ2n) is 2.99. The zero-order valence-electron chi connectivity index (χ0n) is 8.06. The molecular formula is C10H8F2N2O2. The van der Waals surface area contributed by atoms with Crippen molar-refractivity contribution in [2.24, 2.45) is 0 Å². The van der Waals surface area contributed by atoms with Crippen molar-refractivity contribution >= 4 is 5.82 Å². The third-order valence-corrected chi connectivity index (χ3v) is 1.90. The lowest BCUT2D eigenvalue weighted by Gasteiger charge is -2.07. The Labute approximate surface area is 89.6 Å². The lowest BCUT2D eigenvalue weighted by molar-refractivity contribution is -0.0495. The minimum atomic E-state index is -2.89. The van der Waals surface area contributed by atoms with E-state index in [0.29, 0.717) is 5.56 Å². The van der Waals surface area contributed by atoms with E-state index in [2.05, 4.69) is 9.89 Å². The van der Waals surface area contributed by atoms with Gasteiger partial charge in [-0.2, -0.15) is 8.78 Å². The second kappa shape index (κ2) is 4.18. The van der Waals surface area contributed by atoms with E-state index in [1.165, 1.54) is 12.1 Å². The highest BCUT2D eigenvalue weighted by molar-refractivity contribution is 5.67. The first-order valence-electron chi connectivity index (χ1n) is 4.43. The Balaban J connectivity index is 2.40. The lowest BCUT2D eigenvalue weighted by Crippen LogP contribution is -2.02. The smallest absolute Gasteiger partial charge is 0.387 e. The number of anilines is 1. The fourth-order valence-corrected chi connectivity index (χ4v) is 1.28. The van der Waals surface area contributed by atoms with Crippen LogP contribution in [0.5, 0.6) is 5.75 Å². The van der Waals surface area contributed by atoms with Crippen LogP contribution in [0.3, 0.4) is 0 Å². The molecule has 0 saturated heterocycles. The van der Waals surface area contributed by atoms with E-state index >= 15 is 0 Å². The zero-order chi connectivity index (χ0) is 11.5. The van der Waals surface area contributed by atoms with E-state index < -0.39 is 6.61 Å². The Kier molecular flexibility index (Phi) is 2.72. The van der Waals surface area contributed by atoms with Crippen molar-refractivity contribution in [3.05, 3.63) is 30.3 Å². The third kappa shape index (κ3) is 2.10. The summed E-state index contributed by atoms with van der Waals surface area (Å²) in [5, 5.41) is 3.47. The van der Waals surface area contributed by atoms with Crippen LogP contribution in [0.2, 0.25) is 0 Å². The summed E-state index contributed by atoms with van der Waals surface area (Å²) in [5.74, 6) is 0.490. The molecule has 84 valence electrons. The number of rotatable bonds is 3. The molecule has 0 atom stereocenters. The predicted molar refractivity (Wildman–Crippen MR) is 53.0 cm³/mol. The van der Waals surface area contributed by atoms with Gasteiger partial charge in [-0.05, 0) is 12.1 Å². The number of aromatic nitrogens is 1. The van der Waals surface area contributed by atoms with Gasteiger partial charge in [0.15, 0.2) is 11.6 Å². The van der Waals surface area contributed by atoms with Crippen molar-refractivity contribution in [2.45, 2.75) is 6.61 Å². The molecule has 0 unspecified atom stereocenters. The fraction of sp³-hybridized carbons (Fsp3) is 0.100. The van der Waals surface area contributed by atoms with E-state index in [1.54, 1.807) is 18.2 Å². The van der Waals surface area contributed by atoms with E-state index in [0.717, 1.165) is 0 Å². The van der Waals surface area contributed by atoms with Gasteiger partial charge >= 0.3 is 6.61 Å². The van der Waals surface area contributed by atoms with Gasteiger partial charge in [0.1, 0.15) is 5.75 Å². The van der Waals surface area contributed by atoms with Gasteiger partial charge in [0, 0.05) is 6.07 Å². The maximum Gasteiger partial charge on any atom is 0.387 e. The second-order valence-corrected chi connectivity index (χ2v) is 2.99. The number of benzene rings is 1. The quantitative estimate of drug-likeness (QED) is 0.873. The van der Waals surface area contributed by atoms with Crippen molar-refractivity contribution in [1.82, 2.24) is 5.16 Å². The first-order valence-corrected chi connectivity index (χ1v) is 4.43. The number of para-hydroxylation sites is 1. The van der Waals surface area contributed by atoms with Crippen molar-refractivity contribution < 1.29 is 18.0 Å². The summed E-state index contributed by atoms with van der Waals surface area (Å²) in [6.45, 7) is -2.89. The van der Waals surface area contributed by atoms with Crippen LogP contribution in [-0.4, -0.2) is 11.8 Å². The topological polar surface area (TPSA) is 61.3 Å². The average molecular weight is 226 g/mol. The zero-order valence-corrected chi connectivity index (χ0v) is 8.06. The molecule has 2 N–H and O–H groups in total. The van der Waals surface area contributed by atoms with Crippen LogP contribution in [0, 0.1) is 0 Å². The molecular weight excluding hydrogens is 218 g/mol. The van der Waals surface area contributed by atoms with E-state index in [4.69, 9.17) is 10.3 Å². The molecule has 2 rings (SSSR count). The number of hydrogen-bond acceptors (Lipinski definition) is 4. The molecule has 16 heavy (non-hydrogen) atoms. The lowest BCUT2D eigenvalue weighted by atomic mass is 10.1. The maximum absolute atomic E-state index is 12.1. The molecule has 1 heterocycles. The number of hydrogen-bond donors (Lipinski definition) is 1. The summed E-state index contributed by atoms with van der Waals surface area (Å²) in [7, 11) is 0. The van der Waals surface area contributed by atoms with Crippen molar-refractivity contribution in [2.75, 3.05) is 5.73 Å². The van der Waals surface area contributed by atoms with Crippen LogP contribution in [0.1, 0.15) is 0 Å². The van der Waals surface area contributed by atoms with Crippen LogP contribution < -0.4 is 10.5 Å². The van der Waals surface area contributed by atoms with Gasteiger partial charge in [-0.25, -0.2) is 0 Å². The Morgan fingerprint density at radius 1 is 1.31 bits per heavy atom. The molecule has 0 aliphatic heterocycles. The standard InChI is InChI=1S/C10H8F2N2O2/c11-10(12)15-7-4-2-1-3-6(7)8-5-9(13)14-16-8/h1-5,10H,(H2,13,14). The third-order valence-electron chi connectivity index (χ3n) is 1.90. The highest BCUT2D eigenvalue weighted by Crippen LogP contribution is 2.31. The van der Waals surface area contributed by atoms with Gasteiger partial charge in [-0.1, -0.05) is 17.3 Å². The first kappa shape index (κ1) is 10.4. The molecule has 4 nitrogen and oxygen atoms in total. The average Bonchev–Trinajstić information content (AvgIpc) is 2.65. The summed E-state index contributed by atoms with van der Waals surface area (Å²) in [5.41, 5.74) is 5.75. The van der Waals surface area contributed by atoms with Gasteiger partial charge in [0.05, 0.1) is 5.56 Å². The normalized spacial score (nSPS) is 10.7. The molecule has 0 amide bonds. The van der Waals surface area contributed by atoms with Gasteiger partial charge < -0.3 is 15.0 Å². The summed E-state index contributed by atoms with van der Waals surface area (Å²) in [4.78, 5) is 0. The Morgan fingerprint density at radius 3 is 2.69 bits per heavy atom. The summed E-state index contributed by atoms with van der Waals surface area (Å²) < 4.78 is 33.5. The van der Waals surface area contributed by atoms with Crippen LogP contribution >= 0.6 is 0 Å². The van der Waals surface area contributed by atoms with Crippen molar-refractivity contribution in [3.8, 4) is 17.1 Å². The molecule has 1 aromatic heterocycles. The number of alkyl halides is 2. The van der Waals surface area contributed by atoms with Crippen molar-refractivity contribution in [1.29, 1.82) is 0 Å². The summed E-state index contributed by atoms with van der Waals surface area (Å²) >= 11 is 0. The van der Waals surface area contributed by atoms with Crippen molar-refractivity contribution in [3.63, 3.8) is 0 Å². The minimum absolute atomic E-state index is 0.0219. The number of ether oxygens (including phenoxy) is 1. The maximum atomic E-state index is 12.1. The van der Waals surface area contributed by atoms with Gasteiger partial charge in [-0.15, -0.1) is 0 Å². The van der Waals surface area contributed by atoms with Crippen LogP contribution in [-0.2, 0) is 0 Å². The highest BCUT2D eigenvalue weighted by atomic mass is 19.3. The number of nitrogen functional groups attached to an aromatic ring is 1. The Hall–Kier alpha value is -2.11. The fourth-order valence-electron chi connectivity index (χ4n) is 1.28. The minimum Gasteiger partial charge on any atom is -0.434 e. The SMILES string of the molecule is Nc1cc(-c2ccccc2OC(F)F)on1. The van der Waals surface area contributed by atoms with E-state index in [1.807, 2.05) is 0 Å². The monoisotopic (exact) mass is 226 g/mol. The van der Waals surface area contributed by atoms with Crippen LogP contribution in [0.15, 0.2) is 34.9 Å². The van der Waals surface area contributed by atoms with Gasteiger partial charge in [0.2, 0.25) is 0 Å². The number of halogens is 2. The molecule has 0 aliphatic carbocycles. The molecule has 0 spiro atoms.